The SMILES string of the molecule is COc1c(Nc2ncc(Cl)c(-c3cnc4ccccn34)n2)ccc(N2CCNCC2)c1F. The molecule has 32 heavy (non-hydrogen) atoms. The zero-order chi connectivity index (χ0) is 22.1. The number of hydrogen-bond acceptors (Lipinski definition) is 7. The van der Waals surface area contributed by atoms with Gasteiger partial charge in [-0.2, -0.15) is 0 Å². The Morgan fingerprint density at radius 1 is 1.12 bits per heavy atom. The molecule has 0 spiro atoms. The van der Waals surface area contributed by atoms with Crippen LogP contribution < -0.4 is 20.3 Å². The van der Waals surface area contributed by atoms with Crippen LogP contribution in [-0.2, 0) is 0 Å². The van der Waals surface area contributed by atoms with Gasteiger partial charge in [0.15, 0.2) is 11.6 Å². The highest BCUT2D eigenvalue weighted by Crippen LogP contribution is 2.36. The summed E-state index contributed by atoms with van der Waals surface area (Å²) in [5.41, 5.74) is 2.95. The Morgan fingerprint density at radius 2 is 1.97 bits per heavy atom. The van der Waals surface area contributed by atoms with Crippen LogP contribution in [0.3, 0.4) is 0 Å². The summed E-state index contributed by atoms with van der Waals surface area (Å²) < 4.78 is 22.5. The van der Waals surface area contributed by atoms with Crippen molar-refractivity contribution < 1.29 is 9.13 Å². The minimum absolute atomic E-state index is 0.107. The van der Waals surface area contributed by atoms with Crippen molar-refractivity contribution in [3.05, 3.63) is 59.8 Å². The first-order chi connectivity index (χ1) is 15.7. The molecule has 1 aliphatic heterocycles. The molecule has 0 aliphatic carbocycles. The number of aromatic nitrogens is 4. The summed E-state index contributed by atoms with van der Waals surface area (Å²) in [6.07, 6.45) is 5.10. The molecule has 164 valence electrons. The predicted octanol–water partition coefficient (Wildman–Crippen LogP) is 3.75. The molecule has 0 saturated carbocycles. The quantitative estimate of drug-likeness (QED) is 0.476. The number of fused-ring (bicyclic) bond motifs is 1. The molecule has 8 nitrogen and oxygen atoms in total. The van der Waals surface area contributed by atoms with E-state index < -0.39 is 5.82 Å². The highest BCUT2D eigenvalue weighted by Gasteiger charge is 2.21. The standard InChI is InChI=1S/C22H21ClFN7O/c1-32-21-15(5-6-16(19(21)24)30-10-7-25-8-11-30)28-22-27-12-14(23)20(29-22)17-13-26-18-4-2-3-9-31(17)18/h2-6,9,12-13,25H,7-8,10-11H2,1H3,(H,27,28,29). The molecule has 1 aliphatic rings. The van der Waals surface area contributed by atoms with Gasteiger partial charge in [-0.15, -0.1) is 0 Å². The van der Waals surface area contributed by atoms with E-state index in [4.69, 9.17) is 16.3 Å². The average molecular weight is 454 g/mol. The van der Waals surface area contributed by atoms with E-state index in [-0.39, 0.29) is 11.7 Å². The molecule has 0 unspecified atom stereocenters. The van der Waals surface area contributed by atoms with Gasteiger partial charge in [0.05, 0.1) is 41.6 Å². The number of nitrogens with zero attached hydrogens (tertiary/aromatic N) is 5. The van der Waals surface area contributed by atoms with Crippen molar-refractivity contribution in [3.8, 4) is 17.1 Å². The lowest BCUT2D eigenvalue weighted by Gasteiger charge is -2.30. The van der Waals surface area contributed by atoms with E-state index >= 15 is 4.39 Å². The van der Waals surface area contributed by atoms with Crippen LogP contribution in [0.2, 0.25) is 5.02 Å². The highest BCUT2D eigenvalue weighted by molar-refractivity contribution is 6.32. The van der Waals surface area contributed by atoms with Gasteiger partial charge in [-0.1, -0.05) is 17.7 Å². The molecule has 1 aromatic carbocycles. The Kier molecular flexibility index (Phi) is 5.50. The van der Waals surface area contributed by atoms with E-state index in [1.54, 1.807) is 18.3 Å². The van der Waals surface area contributed by atoms with Crippen LogP contribution in [0.5, 0.6) is 5.75 Å². The van der Waals surface area contributed by atoms with E-state index in [0.717, 1.165) is 37.5 Å². The number of pyridine rings is 1. The lowest BCUT2D eigenvalue weighted by Crippen LogP contribution is -2.43. The number of halogens is 2. The number of ether oxygens (including phenoxy) is 1. The summed E-state index contributed by atoms with van der Waals surface area (Å²) in [5, 5.41) is 6.72. The maximum absolute atomic E-state index is 15.3. The molecule has 1 saturated heterocycles. The second-order valence-electron chi connectivity index (χ2n) is 7.30. The Balaban J connectivity index is 1.49. The van der Waals surface area contributed by atoms with Gasteiger partial charge in [0.25, 0.3) is 0 Å². The number of nitrogens with one attached hydrogen (secondary N) is 2. The van der Waals surface area contributed by atoms with Crippen LogP contribution in [0.25, 0.3) is 17.0 Å². The van der Waals surface area contributed by atoms with Crippen molar-refractivity contribution in [2.45, 2.75) is 0 Å². The third-order valence-corrected chi connectivity index (χ3v) is 5.67. The predicted molar refractivity (Wildman–Crippen MR) is 123 cm³/mol. The summed E-state index contributed by atoms with van der Waals surface area (Å²) in [6.45, 7) is 3.09. The zero-order valence-electron chi connectivity index (χ0n) is 17.3. The van der Waals surface area contributed by atoms with E-state index in [1.165, 1.54) is 13.3 Å². The van der Waals surface area contributed by atoms with E-state index in [1.807, 2.05) is 33.7 Å². The third-order valence-electron chi connectivity index (χ3n) is 5.39. The van der Waals surface area contributed by atoms with Gasteiger partial charge in [0, 0.05) is 32.4 Å². The van der Waals surface area contributed by atoms with Gasteiger partial charge in [0.1, 0.15) is 11.3 Å². The molecule has 2 N–H and O–H groups in total. The monoisotopic (exact) mass is 453 g/mol. The van der Waals surface area contributed by atoms with Crippen molar-refractivity contribution >= 4 is 34.6 Å². The number of rotatable bonds is 5. The van der Waals surface area contributed by atoms with Crippen molar-refractivity contribution in [1.82, 2.24) is 24.7 Å². The molecule has 0 atom stereocenters. The number of piperazine rings is 1. The normalized spacial score (nSPS) is 14.0. The van der Waals surface area contributed by atoms with Gasteiger partial charge in [0.2, 0.25) is 5.95 Å². The topological polar surface area (TPSA) is 79.6 Å². The zero-order valence-corrected chi connectivity index (χ0v) is 18.1. The van der Waals surface area contributed by atoms with E-state index in [0.29, 0.717) is 22.1 Å². The van der Waals surface area contributed by atoms with Crippen LogP contribution in [0.4, 0.5) is 21.7 Å². The molecule has 3 aromatic heterocycles. The fourth-order valence-electron chi connectivity index (χ4n) is 3.83. The van der Waals surface area contributed by atoms with Crippen LogP contribution >= 0.6 is 11.6 Å². The number of methoxy groups -OCH3 is 1. The maximum Gasteiger partial charge on any atom is 0.227 e. The summed E-state index contributed by atoms with van der Waals surface area (Å²) in [7, 11) is 1.44. The van der Waals surface area contributed by atoms with Crippen LogP contribution in [0.1, 0.15) is 0 Å². The molecule has 5 rings (SSSR count). The number of imidazole rings is 1. The Hall–Kier alpha value is -3.43. The van der Waals surface area contributed by atoms with Gasteiger partial charge < -0.3 is 20.3 Å². The molecule has 0 bridgehead atoms. The molecular weight excluding hydrogens is 433 g/mol. The Bertz CT molecular complexity index is 1270. The summed E-state index contributed by atoms with van der Waals surface area (Å²) in [6, 6.07) is 9.22. The maximum atomic E-state index is 15.3. The first-order valence-electron chi connectivity index (χ1n) is 10.2. The van der Waals surface area contributed by atoms with Crippen LogP contribution in [0.15, 0.2) is 48.9 Å². The van der Waals surface area contributed by atoms with Gasteiger partial charge >= 0.3 is 0 Å². The highest BCUT2D eigenvalue weighted by atomic mass is 35.5. The third kappa shape index (κ3) is 3.69. The fraction of sp³-hybridized carbons (Fsp3) is 0.227. The van der Waals surface area contributed by atoms with Crippen molar-refractivity contribution in [1.29, 1.82) is 0 Å². The fourth-order valence-corrected chi connectivity index (χ4v) is 4.02. The first-order valence-corrected chi connectivity index (χ1v) is 10.6. The summed E-state index contributed by atoms with van der Waals surface area (Å²) in [4.78, 5) is 15.2. The molecule has 1 fully saturated rings. The van der Waals surface area contributed by atoms with Gasteiger partial charge in [-0.25, -0.2) is 19.3 Å². The number of benzene rings is 1. The Labute approximate surface area is 189 Å². The van der Waals surface area contributed by atoms with E-state index in [2.05, 4.69) is 25.6 Å². The largest absolute Gasteiger partial charge is 0.492 e. The van der Waals surface area contributed by atoms with Gasteiger partial charge in [-0.05, 0) is 24.3 Å². The molecular formula is C22H21ClFN7O. The number of hydrogen-bond donors (Lipinski definition) is 2. The molecule has 10 heteroatoms. The molecule has 4 heterocycles. The van der Waals surface area contributed by atoms with Crippen LogP contribution in [0, 0.1) is 5.82 Å². The smallest absolute Gasteiger partial charge is 0.227 e. The van der Waals surface area contributed by atoms with Crippen molar-refractivity contribution in [2.24, 2.45) is 0 Å². The van der Waals surface area contributed by atoms with Crippen LogP contribution in [-0.4, -0.2) is 52.6 Å². The second-order valence-corrected chi connectivity index (χ2v) is 7.71. The average Bonchev–Trinajstić information content (AvgIpc) is 3.25. The van der Waals surface area contributed by atoms with Crippen molar-refractivity contribution in [3.63, 3.8) is 0 Å². The summed E-state index contributed by atoms with van der Waals surface area (Å²) in [5.74, 6) is -0.0470. The molecule has 0 amide bonds. The number of anilines is 3. The summed E-state index contributed by atoms with van der Waals surface area (Å²) >= 11 is 6.39. The Morgan fingerprint density at radius 3 is 2.78 bits per heavy atom. The molecule has 0 radical (unpaired) electrons. The lowest BCUT2D eigenvalue weighted by molar-refractivity contribution is 0.388. The minimum Gasteiger partial charge on any atom is -0.492 e. The minimum atomic E-state index is -0.421. The second kappa shape index (κ2) is 8.60. The molecule has 4 aromatic rings. The lowest BCUT2D eigenvalue weighted by atomic mass is 10.2. The van der Waals surface area contributed by atoms with E-state index in [9.17, 15) is 0 Å². The first kappa shape index (κ1) is 20.5. The van der Waals surface area contributed by atoms with Crippen molar-refractivity contribution in [2.75, 3.05) is 43.5 Å². The van der Waals surface area contributed by atoms with Gasteiger partial charge in [-0.3, -0.25) is 4.40 Å².